The highest BCUT2D eigenvalue weighted by Crippen LogP contribution is 2.18. The monoisotopic (exact) mass is 262 g/mol. The van der Waals surface area contributed by atoms with E-state index >= 15 is 0 Å². The second kappa shape index (κ2) is 5.99. The zero-order valence-electron chi connectivity index (χ0n) is 11.7. The summed E-state index contributed by atoms with van der Waals surface area (Å²) >= 11 is 0. The molecule has 0 aliphatic carbocycles. The number of hydrogen-bond acceptors (Lipinski definition) is 4. The van der Waals surface area contributed by atoms with Crippen molar-refractivity contribution in [3.8, 4) is 0 Å². The number of aromatic nitrogens is 2. The second-order valence-corrected chi connectivity index (χ2v) is 5.39. The van der Waals surface area contributed by atoms with Gasteiger partial charge in [-0.1, -0.05) is 26.7 Å². The predicted octanol–water partition coefficient (Wildman–Crippen LogP) is 2.20. The fourth-order valence-electron chi connectivity index (χ4n) is 2.28. The first-order chi connectivity index (χ1) is 9.09. The Kier molecular flexibility index (Phi) is 4.35. The highest BCUT2D eigenvalue weighted by atomic mass is 16.2. The zero-order valence-corrected chi connectivity index (χ0v) is 11.7. The van der Waals surface area contributed by atoms with Crippen LogP contribution in [-0.2, 0) is 0 Å². The molecule has 2 heterocycles. The number of hydrogen-bond donors (Lipinski definition) is 1. The molecule has 0 saturated carbocycles. The smallest absolute Gasteiger partial charge is 0.274 e. The topological polar surface area (TPSA) is 72.1 Å². The first-order valence-electron chi connectivity index (χ1n) is 7.01. The molecule has 0 spiro atoms. The van der Waals surface area contributed by atoms with E-state index in [4.69, 9.17) is 5.73 Å². The van der Waals surface area contributed by atoms with Crippen molar-refractivity contribution in [2.75, 3.05) is 18.8 Å². The molecule has 0 bridgehead atoms. The lowest BCUT2D eigenvalue weighted by Gasteiger charge is -2.20. The number of anilines is 1. The second-order valence-electron chi connectivity index (χ2n) is 5.39. The van der Waals surface area contributed by atoms with Crippen molar-refractivity contribution < 1.29 is 4.79 Å². The van der Waals surface area contributed by atoms with E-state index in [0.29, 0.717) is 17.2 Å². The summed E-state index contributed by atoms with van der Waals surface area (Å²) in [5, 5.41) is 0. The Bertz CT molecular complexity index is 451. The van der Waals surface area contributed by atoms with Gasteiger partial charge in [-0.3, -0.25) is 4.79 Å². The first-order valence-corrected chi connectivity index (χ1v) is 7.01. The van der Waals surface area contributed by atoms with Crippen LogP contribution in [0.15, 0.2) is 6.20 Å². The van der Waals surface area contributed by atoms with Crippen LogP contribution < -0.4 is 5.73 Å². The van der Waals surface area contributed by atoms with Gasteiger partial charge in [0.1, 0.15) is 5.82 Å². The lowest BCUT2D eigenvalue weighted by atomic mass is 10.2. The number of rotatable bonds is 2. The van der Waals surface area contributed by atoms with E-state index in [9.17, 15) is 4.79 Å². The Morgan fingerprint density at radius 2 is 1.89 bits per heavy atom. The van der Waals surface area contributed by atoms with Gasteiger partial charge in [-0.05, 0) is 12.8 Å². The highest BCUT2D eigenvalue weighted by Gasteiger charge is 2.21. The molecule has 1 aliphatic rings. The van der Waals surface area contributed by atoms with Gasteiger partial charge in [0.05, 0.1) is 11.9 Å². The molecular formula is C14H22N4O. The molecule has 1 aromatic rings. The number of carbonyl (C=O) groups excluding carboxylic acids is 1. The Morgan fingerprint density at radius 1 is 1.26 bits per heavy atom. The van der Waals surface area contributed by atoms with Crippen LogP contribution in [0.5, 0.6) is 0 Å². The summed E-state index contributed by atoms with van der Waals surface area (Å²) in [5.41, 5.74) is 6.60. The minimum Gasteiger partial charge on any atom is -0.396 e. The summed E-state index contributed by atoms with van der Waals surface area (Å²) < 4.78 is 0. The van der Waals surface area contributed by atoms with Gasteiger partial charge in [-0.25, -0.2) is 9.97 Å². The van der Waals surface area contributed by atoms with Crippen molar-refractivity contribution in [2.24, 2.45) is 0 Å². The van der Waals surface area contributed by atoms with Crippen LogP contribution in [0.1, 0.15) is 61.8 Å². The van der Waals surface area contributed by atoms with Crippen LogP contribution in [0.25, 0.3) is 0 Å². The van der Waals surface area contributed by atoms with Crippen LogP contribution in [0.3, 0.4) is 0 Å². The number of amides is 1. The summed E-state index contributed by atoms with van der Waals surface area (Å²) in [7, 11) is 0. The molecule has 0 unspecified atom stereocenters. The van der Waals surface area contributed by atoms with Gasteiger partial charge in [0.2, 0.25) is 0 Å². The zero-order chi connectivity index (χ0) is 13.8. The lowest BCUT2D eigenvalue weighted by molar-refractivity contribution is 0.0756. The molecule has 104 valence electrons. The minimum atomic E-state index is -0.0521. The molecule has 2 rings (SSSR count). The molecule has 0 radical (unpaired) electrons. The van der Waals surface area contributed by atoms with Gasteiger partial charge in [0.15, 0.2) is 5.69 Å². The van der Waals surface area contributed by atoms with Crippen molar-refractivity contribution in [2.45, 2.75) is 45.4 Å². The molecule has 1 aliphatic heterocycles. The van der Waals surface area contributed by atoms with Crippen LogP contribution in [0.4, 0.5) is 5.69 Å². The molecule has 1 amide bonds. The summed E-state index contributed by atoms with van der Waals surface area (Å²) in [6.07, 6.45) is 6.06. The van der Waals surface area contributed by atoms with Gasteiger partial charge in [0.25, 0.3) is 5.91 Å². The maximum Gasteiger partial charge on any atom is 0.274 e. The Labute approximate surface area is 114 Å². The third-order valence-corrected chi connectivity index (χ3v) is 3.45. The average molecular weight is 262 g/mol. The summed E-state index contributed by atoms with van der Waals surface area (Å²) in [4.78, 5) is 22.9. The maximum atomic E-state index is 12.5. The number of likely N-dealkylation sites (tertiary alicyclic amines) is 1. The van der Waals surface area contributed by atoms with Crippen molar-refractivity contribution in [3.63, 3.8) is 0 Å². The molecule has 5 heteroatoms. The fourth-order valence-corrected chi connectivity index (χ4v) is 2.28. The van der Waals surface area contributed by atoms with Gasteiger partial charge >= 0.3 is 0 Å². The van der Waals surface area contributed by atoms with Crippen molar-refractivity contribution in [1.29, 1.82) is 0 Å². The van der Waals surface area contributed by atoms with Crippen molar-refractivity contribution >= 4 is 11.6 Å². The molecule has 5 nitrogen and oxygen atoms in total. The number of nitrogens with two attached hydrogens (primary N) is 1. The maximum absolute atomic E-state index is 12.5. The van der Waals surface area contributed by atoms with E-state index in [1.54, 1.807) is 6.20 Å². The lowest BCUT2D eigenvalue weighted by Crippen LogP contribution is -2.33. The average Bonchev–Trinajstić information content (AvgIpc) is 2.67. The summed E-state index contributed by atoms with van der Waals surface area (Å²) in [6, 6.07) is 0. The molecule has 0 atom stereocenters. The summed E-state index contributed by atoms with van der Waals surface area (Å²) in [6.45, 7) is 5.62. The van der Waals surface area contributed by atoms with Gasteiger partial charge < -0.3 is 10.6 Å². The largest absolute Gasteiger partial charge is 0.396 e. The third kappa shape index (κ3) is 3.22. The van der Waals surface area contributed by atoms with Crippen LogP contribution in [0.2, 0.25) is 0 Å². The van der Waals surface area contributed by atoms with Crippen molar-refractivity contribution in [1.82, 2.24) is 14.9 Å². The Hall–Kier alpha value is -1.65. The molecule has 1 fully saturated rings. The predicted molar refractivity (Wildman–Crippen MR) is 74.9 cm³/mol. The van der Waals surface area contributed by atoms with Gasteiger partial charge in [-0.15, -0.1) is 0 Å². The molecule has 2 N–H and O–H groups in total. The third-order valence-electron chi connectivity index (χ3n) is 3.45. The quantitative estimate of drug-likeness (QED) is 0.886. The van der Waals surface area contributed by atoms with E-state index in [2.05, 4.69) is 9.97 Å². The number of nitrogens with zero attached hydrogens (tertiary/aromatic N) is 3. The molecule has 19 heavy (non-hydrogen) atoms. The minimum absolute atomic E-state index is 0.0521. The van der Waals surface area contributed by atoms with E-state index in [-0.39, 0.29) is 11.8 Å². The van der Waals surface area contributed by atoms with Gasteiger partial charge in [0, 0.05) is 19.0 Å². The van der Waals surface area contributed by atoms with Crippen molar-refractivity contribution in [3.05, 3.63) is 17.7 Å². The molecule has 1 aromatic heterocycles. The molecule has 0 aromatic carbocycles. The van der Waals surface area contributed by atoms with E-state index in [1.807, 2.05) is 18.7 Å². The first kappa shape index (κ1) is 13.8. The number of carbonyl (C=O) groups is 1. The summed E-state index contributed by atoms with van der Waals surface area (Å²) in [5.74, 6) is 0.812. The highest BCUT2D eigenvalue weighted by molar-refractivity contribution is 5.97. The number of nitrogen functional groups attached to an aromatic ring is 1. The van der Waals surface area contributed by atoms with Gasteiger partial charge in [-0.2, -0.15) is 0 Å². The Morgan fingerprint density at radius 3 is 2.47 bits per heavy atom. The Balaban J connectivity index is 2.24. The van der Waals surface area contributed by atoms with Crippen LogP contribution in [0, 0.1) is 0 Å². The van der Waals surface area contributed by atoms with Crippen LogP contribution in [-0.4, -0.2) is 33.9 Å². The molecule has 1 saturated heterocycles. The van der Waals surface area contributed by atoms with E-state index < -0.39 is 0 Å². The fraction of sp³-hybridized carbons (Fsp3) is 0.643. The SMILES string of the molecule is CC(C)c1ncc(N)c(C(=O)N2CCCCCC2)n1. The van der Waals surface area contributed by atoms with E-state index in [1.165, 1.54) is 12.8 Å². The van der Waals surface area contributed by atoms with Crippen LogP contribution >= 0.6 is 0 Å². The standard InChI is InChI=1S/C14H22N4O/c1-10(2)13-16-9-11(15)12(17-13)14(19)18-7-5-3-4-6-8-18/h9-10H,3-8,15H2,1-2H3. The molecular weight excluding hydrogens is 240 g/mol. The van der Waals surface area contributed by atoms with E-state index in [0.717, 1.165) is 25.9 Å². The normalized spacial score (nSPS) is 16.5.